The number of hydrogen-bond donors (Lipinski definition) is 0. The van der Waals surface area contributed by atoms with Crippen LogP contribution >= 0.6 is 38.5 Å². The first kappa shape index (κ1) is 17.7. The smallest absolute Gasteiger partial charge is 0.231 e. The van der Waals surface area contributed by atoms with E-state index in [0.29, 0.717) is 13.0 Å². The summed E-state index contributed by atoms with van der Waals surface area (Å²) in [6.45, 7) is 0.642. The number of anilines is 1. The zero-order valence-electron chi connectivity index (χ0n) is 14.0. The van der Waals surface area contributed by atoms with E-state index < -0.39 is 0 Å². The van der Waals surface area contributed by atoms with Crippen molar-refractivity contribution in [2.24, 2.45) is 0 Å². The van der Waals surface area contributed by atoms with Crippen LogP contribution in [-0.4, -0.2) is 22.2 Å². The molecule has 1 aromatic heterocycles. The van der Waals surface area contributed by atoms with E-state index >= 15 is 0 Å². The van der Waals surface area contributed by atoms with Gasteiger partial charge in [-0.3, -0.25) is 9.48 Å². The Morgan fingerprint density at radius 2 is 2.08 bits per heavy atom. The van der Waals surface area contributed by atoms with E-state index in [2.05, 4.69) is 49.7 Å². The molecule has 3 aromatic rings. The number of carbonyl (C=O) groups excluding carboxylic acids is 1. The number of amides is 1. The second kappa shape index (κ2) is 7.52. The molecule has 0 bridgehead atoms. The van der Waals surface area contributed by atoms with E-state index in [9.17, 15) is 4.79 Å². The number of carbonyl (C=O) groups is 1. The normalized spacial score (nSPS) is 16.4. The average molecular weight is 522 g/mol. The van der Waals surface area contributed by atoms with Crippen molar-refractivity contribution in [1.82, 2.24) is 9.78 Å². The summed E-state index contributed by atoms with van der Waals surface area (Å²) >= 11 is 5.82. The Balaban J connectivity index is 1.62. The molecule has 2 aromatic carbocycles. The van der Waals surface area contributed by atoms with Gasteiger partial charge in [0.05, 0.1) is 12.5 Å². The van der Waals surface area contributed by atoms with Gasteiger partial charge in [-0.25, -0.2) is 0 Å². The van der Waals surface area contributed by atoms with Crippen LogP contribution in [0, 0.1) is 3.57 Å². The van der Waals surface area contributed by atoms with Crippen LogP contribution in [0.15, 0.2) is 65.4 Å². The van der Waals surface area contributed by atoms with Gasteiger partial charge in [0, 0.05) is 32.7 Å². The van der Waals surface area contributed by atoms with E-state index in [1.807, 2.05) is 58.2 Å². The van der Waals surface area contributed by atoms with Gasteiger partial charge in [0.15, 0.2) is 0 Å². The number of para-hydroxylation sites is 1. The quantitative estimate of drug-likeness (QED) is 0.471. The molecule has 1 unspecified atom stereocenters. The molecule has 1 amide bonds. The summed E-state index contributed by atoms with van der Waals surface area (Å²) in [5.41, 5.74) is 3.22. The van der Waals surface area contributed by atoms with Gasteiger partial charge < -0.3 is 4.90 Å². The van der Waals surface area contributed by atoms with Gasteiger partial charge in [-0.1, -0.05) is 24.3 Å². The highest BCUT2D eigenvalue weighted by Gasteiger charge is 2.29. The van der Waals surface area contributed by atoms with Crippen molar-refractivity contribution in [2.45, 2.75) is 18.9 Å². The molecule has 6 heteroatoms. The van der Waals surface area contributed by atoms with E-state index in [4.69, 9.17) is 0 Å². The number of benzene rings is 2. The maximum atomic E-state index is 13.1. The van der Waals surface area contributed by atoms with E-state index in [0.717, 1.165) is 25.7 Å². The molecule has 0 saturated heterocycles. The van der Waals surface area contributed by atoms with Crippen LogP contribution in [0.4, 0.5) is 5.69 Å². The highest BCUT2D eigenvalue weighted by molar-refractivity contribution is 14.1. The van der Waals surface area contributed by atoms with Gasteiger partial charge in [-0.05, 0) is 80.3 Å². The van der Waals surface area contributed by atoms with E-state index in [-0.39, 0.29) is 11.9 Å². The zero-order valence-corrected chi connectivity index (χ0v) is 17.7. The summed E-state index contributed by atoms with van der Waals surface area (Å²) in [5, 5.41) is 4.38. The minimum atomic E-state index is 0.113. The molecule has 0 aliphatic carbocycles. The fourth-order valence-corrected chi connectivity index (χ4v) is 4.17. The summed E-state index contributed by atoms with van der Waals surface area (Å²) in [4.78, 5) is 15.0. The fourth-order valence-electron chi connectivity index (χ4n) is 3.40. The predicted octanol–water partition coefficient (Wildman–Crippen LogP) is 4.62. The lowest BCUT2D eigenvalue weighted by atomic mass is 9.97. The maximum Gasteiger partial charge on any atom is 0.231 e. The predicted molar refractivity (Wildman–Crippen MR) is 114 cm³/mol. The standard InChI is InChI=1S/C20H17BrIN3O/c21-17-10-14(6-7-18(17)22)11-20(26)24-13-16(25-9-3-8-23-25)12-15-4-1-2-5-19(15)24/h1-10,16H,11-13H2. The first-order valence-corrected chi connectivity index (χ1v) is 10.3. The SMILES string of the molecule is O=C(Cc1ccc(I)c(Br)c1)N1CC(n2cccn2)Cc2ccccc21. The fraction of sp³-hybridized carbons (Fsp3) is 0.200. The second-order valence-corrected chi connectivity index (χ2v) is 8.42. The Morgan fingerprint density at radius 1 is 1.23 bits per heavy atom. The lowest BCUT2D eigenvalue weighted by Gasteiger charge is -2.35. The van der Waals surface area contributed by atoms with Crippen molar-refractivity contribution >= 4 is 50.1 Å². The van der Waals surface area contributed by atoms with Crippen LogP contribution in [0.1, 0.15) is 17.2 Å². The van der Waals surface area contributed by atoms with Crippen LogP contribution in [0.5, 0.6) is 0 Å². The molecule has 0 N–H and O–H groups in total. The van der Waals surface area contributed by atoms with Crippen molar-refractivity contribution in [3.05, 3.63) is 80.1 Å². The van der Waals surface area contributed by atoms with Gasteiger partial charge in [0.25, 0.3) is 0 Å². The average Bonchev–Trinajstić information content (AvgIpc) is 3.18. The summed E-state index contributed by atoms with van der Waals surface area (Å²) in [5.74, 6) is 0.113. The Labute approximate surface area is 174 Å². The lowest BCUT2D eigenvalue weighted by molar-refractivity contribution is -0.118. The van der Waals surface area contributed by atoms with Gasteiger partial charge in [0.2, 0.25) is 5.91 Å². The second-order valence-electron chi connectivity index (χ2n) is 6.40. The molecule has 0 spiro atoms. The maximum absolute atomic E-state index is 13.1. The van der Waals surface area contributed by atoms with Crippen LogP contribution in [0.3, 0.4) is 0 Å². The van der Waals surface area contributed by atoms with Gasteiger partial charge in [-0.2, -0.15) is 5.10 Å². The summed E-state index contributed by atoms with van der Waals surface area (Å²) in [6, 6.07) is 16.3. The summed E-state index contributed by atoms with van der Waals surface area (Å²) < 4.78 is 4.12. The number of fused-ring (bicyclic) bond motifs is 1. The van der Waals surface area contributed by atoms with E-state index in [1.165, 1.54) is 5.56 Å². The number of aromatic nitrogens is 2. The molecule has 0 saturated carbocycles. The third kappa shape index (κ3) is 3.57. The number of nitrogens with zero attached hydrogens (tertiary/aromatic N) is 3. The van der Waals surface area contributed by atoms with Gasteiger partial charge in [0.1, 0.15) is 0 Å². The lowest BCUT2D eigenvalue weighted by Crippen LogP contribution is -2.41. The molecular weight excluding hydrogens is 505 g/mol. The minimum Gasteiger partial charge on any atom is -0.310 e. The Kier molecular flexibility index (Phi) is 5.13. The van der Waals surface area contributed by atoms with Crippen LogP contribution in [0.25, 0.3) is 0 Å². The van der Waals surface area contributed by atoms with Gasteiger partial charge in [-0.15, -0.1) is 0 Å². The van der Waals surface area contributed by atoms with Gasteiger partial charge >= 0.3 is 0 Å². The van der Waals surface area contributed by atoms with Crippen molar-refractivity contribution in [1.29, 1.82) is 0 Å². The first-order chi connectivity index (χ1) is 12.6. The molecule has 1 aliphatic heterocycles. The molecule has 132 valence electrons. The monoisotopic (exact) mass is 521 g/mol. The van der Waals surface area contributed by atoms with Crippen LogP contribution < -0.4 is 4.90 Å². The van der Waals surface area contributed by atoms with Crippen LogP contribution in [0.2, 0.25) is 0 Å². The number of hydrogen-bond acceptors (Lipinski definition) is 2. The topological polar surface area (TPSA) is 38.1 Å². The molecule has 1 aliphatic rings. The number of halogens is 2. The third-order valence-electron chi connectivity index (χ3n) is 4.67. The van der Waals surface area contributed by atoms with Crippen LogP contribution in [-0.2, 0) is 17.6 Å². The first-order valence-electron chi connectivity index (χ1n) is 8.43. The molecule has 4 rings (SSSR count). The van der Waals surface area contributed by atoms with E-state index in [1.54, 1.807) is 6.20 Å². The Hall–Kier alpha value is -1.67. The highest BCUT2D eigenvalue weighted by atomic mass is 127. The third-order valence-corrected chi connectivity index (χ3v) is 7.01. The molecule has 4 nitrogen and oxygen atoms in total. The van der Waals surface area contributed by atoms with Crippen molar-refractivity contribution in [2.75, 3.05) is 11.4 Å². The molecule has 0 radical (unpaired) electrons. The Morgan fingerprint density at radius 3 is 2.85 bits per heavy atom. The van der Waals surface area contributed by atoms with Crippen molar-refractivity contribution < 1.29 is 4.79 Å². The zero-order chi connectivity index (χ0) is 18.1. The van der Waals surface area contributed by atoms with Crippen molar-refractivity contribution in [3.63, 3.8) is 0 Å². The highest BCUT2D eigenvalue weighted by Crippen LogP contribution is 2.32. The van der Waals surface area contributed by atoms with Crippen molar-refractivity contribution in [3.8, 4) is 0 Å². The number of rotatable bonds is 3. The Bertz CT molecular complexity index is 942. The molecular formula is C20H17BrIN3O. The summed E-state index contributed by atoms with van der Waals surface area (Å²) in [6.07, 6.45) is 5.03. The molecule has 0 fully saturated rings. The molecule has 26 heavy (non-hydrogen) atoms. The molecule has 1 atom stereocenters. The minimum absolute atomic E-state index is 0.113. The largest absolute Gasteiger partial charge is 0.310 e. The summed E-state index contributed by atoms with van der Waals surface area (Å²) in [7, 11) is 0. The molecule has 2 heterocycles.